The predicted octanol–water partition coefficient (Wildman–Crippen LogP) is 4.64. The first-order valence-corrected chi connectivity index (χ1v) is 12.2. The molecule has 0 radical (unpaired) electrons. The van der Waals surface area contributed by atoms with E-state index in [0.29, 0.717) is 10.8 Å². The van der Waals surface area contributed by atoms with Gasteiger partial charge in [0.25, 0.3) is 0 Å². The minimum absolute atomic E-state index is 0.00192. The number of amides is 1. The van der Waals surface area contributed by atoms with E-state index in [9.17, 15) is 4.79 Å². The van der Waals surface area contributed by atoms with Gasteiger partial charge in [-0.05, 0) is 85.0 Å². The molecular formula is C28H27N5O3S. The number of carbonyl (C=O) groups excluding carboxylic acids is 1. The number of methoxy groups -OCH3 is 2. The first kappa shape index (κ1) is 24.5. The highest BCUT2D eigenvalue weighted by atomic mass is 32.1. The number of benzene rings is 2. The number of aromatic nitrogens is 2. The number of thiocarbonyl (C=S) groups is 1. The van der Waals surface area contributed by atoms with E-state index in [2.05, 4.69) is 31.2 Å². The van der Waals surface area contributed by atoms with Crippen LogP contribution in [0.25, 0.3) is 5.69 Å². The van der Waals surface area contributed by atoms with Crippen molar-refractivity contribution in [3.05, 3.63) is 103 Å². The standard InChI is InChI=1S/C28H27N5O3S/c1-35-18-25(34)30-19-8-10-21(11-9-19)33-27(26(31-28(33)37)23-6-3-4-16-29-23)24-7-5-17-32(24)20-12-14-22(36-2)15-13-20/h3-17,26-27H,18H2,1-2H3,(H,30,34)(H,31,37)/t26-,27-/m1/s1. The van der Waals surface area contributed by atoms with Crippen LogP contribution < -0.4 is 20.3 Å². The van der Waals surface area contributed by atoms with Crippen LogP contribution in [0.3, 0.4) is 0 Å². The summed E-state index contributed by atoms with van der Waals surface area (Å²) >= 11 is 5.86. The highest BCUT2D eigenvalue weighted by molar-refractivity contribution is 7.80. The second-order valence-electron chi connectivity index (χ2n) is 8.53. The average Bonchev–Trinajstić information content (AvgIpc) is 3.54. The number of carbonyl (C=O) groups is 1. The zero-order valence-electron chi connectivity index (χ0n) is 20.5. The molecule has 0 saturated carbocycles. The molecule has 5 rings (SSSR count). The molecule has 188 valence electrons. The molecule has 0 unspecified atom stereocenters. The van der Waals surface area contributed by atoms with Gasteiger partial charge >= 0.3 is 0 Å². The molecule has 37 heavy (non-hydrogen) atoms. The Morgan fingerprint density at radius 1 is 1.00 bits per heavy atom. The fraction of sp³-hybridized carbons (Fsp3) is 0.179. The zero-order chi connectivity index (χ0) is 25.8. The van der Waals surface area contributed by atoms with Crippen LogP contribution in [-0.2, 0) is 9.53 Å². The van der Waals surface area contributed by atoms with Crippen molar-refractivity contribution in [3.63, 3.8) is 0 Å². The monoisotopic (exact) mass is 513 g/mol. The molecule has 8 nitrogen and oxygen atoms in total. The Morgan fingerprint density at radius 2 is 1.76 bits per heavy atom. The van der Waals surface area contributed by atoms with Gasteiger partial charge in [-0.2, -0.15) is 0 Å². The molecule has 1 saturated heterocycles. The summed E-state index contributed by atoms with van der Waals surface area (Å²) in [6, 6.07) is 25.2. The molecule has 2 aromatic heterocycles. The second kappa shape index (κ2) is 10.8. The Bertz CT molecular complexity index is 1370. The maximum atomic E-state index is 11.9. The van der Waals surface area contributed by atoms with E-state index < -0.39 is 0 Å². The molecule has 3 heterocycles. The summed E-state index contributed by atoms with van der Waals surface area (Å²) in [5.74, 6) is 0.589. The fourth-order valence-corrected chi connectivity index (χ4v) is 4.93. The molecular weight excluding hydrogens is 486 g/mol. The maximum Gasteiger partial charge on any atom is 0.250 e. The van der Waals surface area contributed by atoms with E-state index >= 15 is 0 Å². The van der Waals surface area contributed by atoms with Crippen LogP contribution in [-0.4, -0.2) is 41.4 Å². The number of nitrogens with one attached hydrogen (secondary N) is 2. The third-order valence-corrected chi connectivity index (χ3v) is 6.55. The SMILES string of the molecule is COCC(=O)Nc1ccc(N2C(=S)N[C@H](c3ccccn3)[C@H]2c2cccn2-c2ccc(OC)cc2)cc1. The lowest BCUT2D eigenvalue weighted by Crippen LogP contribution is -2.30. The molecule has 2 N–H and O–H groups in total. The van der Waals surface area contributed by atoms with Crippen LogP contribution in [0, 0.1) is 0 Å². The molecule has 0 aliphatic carbocycles. The van der Waals surface area contributed by atoms with E-state index in [1.165, 1.54) is 7.11 Å². The fourth-order valence-electron chi connectivity index (χ4n) is 4.58. The quantitative estimate of drug-likeness (QED) is 0.332. The topological polar surface area (TPSA) is 80.7 Å². The molecule has 1 fully saturated rings. The smallest absolute Gasteiger partial charge is 0.250 e. The van der Waals surface area contributed by atoms with Crippen LogP contribution in [0.1, 0.15) is 23.5 Å². The summed E-state index contributed by atoms with van der Waals surface area (Å²) in [5.41, 5.74) is 4.53. The van der Waals surface area contributed by atoms with Crippen molar-refractivity contribution < 1.29 is 14.3 Å². The van der Waals surface area contributed by atoms with Crippen LogP contribution in [0.15, 0.2) is 91.3 Å². The first-order valence-electron chi connectivity index (χ1n) is 11.8. The number of rotatable bonds is 8. The largest absolute Gasteiger partial charge is 0.497 e. The summed E-state index contributed by atoms with van der Waals surface area (Å²) in [6.07, 6.45) is 3.83. The van der Waals surface area contributed by atoms with E-state index in [4.69, 9.17) is 21.7 Å². The Balaban J connectivity index is 1.55. The van der Waals surface area contributed by atoms with Crippen molar-refractivity contribution in [1.29, 1.82) is 0 Å². The predicted molar refractivity (Wildman–Crippen MR) is 147 cm³/mol. The Morgan fingerprint density at radius 3 is 2.43 bits per heavy atom. The first-order chi connectivity index (χ1) is 18.1. The number of nitrogens with zero attached hydrogens (tertiary/aromatic N) is 3. The highest BCUT2D eigenvalue weighted by Crippen LogP contribution is 2.42. The van der Waals surface area contributed by atoms with Gasteiger partial charge in [0.1, 0.15) is 18.4 Å². The van der Waals surface area contributed by atoms with Crippen molar-refractivity contribution in [1.82, 2.24) is 14.9 Å². The summed E-state index contributed by atoms with van der Waals surface area (Å²) in [4.78, 5) is 18.7. The van der Waals surface area contributed by atoms with Gasteiger partial charge in [-0.15, -0.1) is 0 Å². The third-order valence-electron chi connectivity index (χ3n) is 6.24. The number of hydrogen-bond donors (Lipinski definition) is 2. The average molecular weight is 514 g/mol. The zero-order valence-corrected chi connectivity index (χ0v) is 21.3. The second-order valence-corrected chi connectivity index (χ2v) is 8.91. The number of anilines is 2. The molecule has 1 aliphatic rings. The third kappa shape index (κ3) is 5.04. The van der Waals surface area contributed by atoms with Crippen LogP contribution in [0.4, 0.5) is 11.4 Å². The van der Waals surface area contributed by atoms with Gasteiger partial charge in [0.2, 0.25) is 5.91 Å². The van der Waals surface area contributed by atoms with Gasteiger partial charge < -0.3 is 29.6 Å². The molecule has 0 bridgehead atoms. The lowest BCUT2D eigenvalue weighted by atomic mass is 10.0. The van der Waals surface area contributed by atoms with E-state index in [1.807, 2.05) is 79.0 Å². The Hall–Kier alpha value is -4.21. The molecule has 4 aromatic rings. The number of hydrogen-bond acceptors (Lipinski definition) is 5. The van der Waals surface area contributed by atoms with Crippen molar-refractivity contribution in [2.24, 2.45) is 0 Å². The summed E-state index contributed by atoms with van der Waals surface area (Å²) in [6.45, 7) is -0.00192. The maximum absolute atomic E-state index is 11.9. The molecule has 9 heteroatoms. The van der Waals surface area contributed by atoms with Gasteiger partial charge in [-0.25, -0.2) is 0 Å². The van der Waals surface area contributed by atoms with Crippen molar-refractivity contribution in [2.75, 3.05) is 31.0 Å². The number of ether oxygens (including phenoxy) is 2. The molecule has 1 aliphatic heterocycles. The molecule has 2 atom stereocenters. The Kier molecular flexibility index (Phi) is 7.16. The van der Waals surface area contributed by atoms with E-state index in [0.717, 1.165) is 28.5 Å². The van der Waals surface area contributed by atoms with Gasteiger partial charge in [-0.3, -0.25) is 9.78 Å². The van der Waals surface area contributed by atoms with Crippen molar-refractivity contribution in [2.45, 2.75) is 12.1 Å². The normalized spacial score (nSPS) is 16.9. The van der Waals surface area contributed by atoms with Crippen molar-refractivity contribution >= 4 is 34.6 Å². The van der Waals surface area contributed by atoms with Gasteiger partial charge in [0.05, 0.1) is 18.8 Å². The van der Waals surface area contributed by atoms with Gasteiger partial charge in [0.15, 0.2) is 5.11 Å². The van der Waals surface area contributed by atoms with Crippen LogP contribution in [0.2, 0.25) is 0 Å². The summed E-state index contributed by atoms with van der Waals surface area (Å²) < 4.78 is 12.4. The molecule has 1 amide bonds. The minimum Gasteiger partial charge on any atom is -0.497 e. The van der Waals surface area contributed by atoms with E-state index in [1.54, 1.807) is 13.3 Å². The lowest BCUT2D eigenvalue weighted by molar-refractivity contribution is -0.119. The summed E-state index contributed by atoms with van der Waals surface area (Å²) in [5, 5.41) is 6.92. The summed E-state index contributed by atoms with van der Waals surface area (Å²) in [7, 11) is 3.15. The lowest BCUT2D eigenvalue weighted by Gasteiger charge is -2.29. The van der Waals surface area contributed by atoms with E-state index in [-0.39, 0.29) is 24.6 Å². The Labute approximate surface area is 220 Å². The highest BCUT2D eigenvalue weighted by Gasteiger charge is 2.42. The molecule has 0 spiro atoms. The van der Waals surface area contributed by atoms with Crippen LogP contribution >= 0.6 is 12.2 Å². The molecule has 2 aromatic carbocycles. The van der Waals surface area contributed by atoms with Gasteiger partial charge in [0, 0.05) is 42.3 Å². The van der Waals surface area contributed by atoms with Gasteiger partial charge in [-0.1, -0.05) is 6.07 Å². The minimum atomic E-state index is -0.209. The van der Waals surface area contributed by atoms with Crippen LogP contribution in [0.5, 0.6) is 5.75 Å². The number of pyridine rings is 1. The van der Waals surface area contributed by atoms with Crippen molar-refractivity contribution in [3.8, 4) is 11.4 Å².